The fourth-order valence-electron chi connectivity index (χ4n) is 9.51. The summed E-state index contributed by atoms with van der Waals surface area (Å²) in [5, 5.41) is 23.3. The first-order chi connectivity index (χ1) is 33.5. The molecule has 2 unspecified atom stereocenters. The number of aliphatic hydroxyl groups excluding tert-OH is 2. The van der Waals surface area contributed by atoms with Gasteiger partial charge < -0.3 is 20.3 Å². The van der Waals surface area contributed by atoms with Crippen molar-refractivity contribution in [2.75, 3.05) is 13.2 Å². The number of aliphatic hydroxyl groups is 2. The largest absolute Gasteiger partial charge is 0.466 e. The van der Waals surface area contributed by atoms with Crippen molar-refractivity contribution in [3.63, 3.8) is 0 Å². The molecule has 0 aromatic heterocycles. The molecule has 402 valence electrons. The highest BCUT2D eigenvalue weighted by Gasteiger charge is 2.20. The number of amides is 1. The fraction of sp³-hybridized carbons (Fsp3) is 0.903. The van der Waals surface area contributed by atoms with Crippen LogP contribution in [0.15, 0.2) is 24.3 Å². The zero-order valence-electron chi connectivity index (χ0n) is 45.9. The summed E-state index contributed by atoms with van der Waals surface area (Å²) in [6.45, 7) is 4.94. The number of hydrogen-bond donors (Lipinski definition) is 3. The Morgan fingerprint density at radius 3 is 1.04 bits per heavy atom. The van der Waals surface area contributed by atoms with Crippen molar-refractivity contribution in [3.05, 3.63) is 24.3 Å². The fourth-order valence-corrected chi connectivity index (χ4v) is 9.51. The first kappa shape index (κ1) is 66.3. The molecule has 1 amide bonds. The number of rotatable bonds is 57. The van der Waals surface area contributed by atoms with Gasteiger partial charge in [0, 0.05) is 12.8 Å². The van der Waals surface area contributed by atoms with E-state index in [1.165, 1.54) is 238 Å². The average molecular weight is 959 g/mol. The molecule has 0 aromatic carbocycles. The Kier molecular flexibility index (Phi) is 56.5. The molecule has 68 heavy (non-hydrogen) atoms. The van der Waals surface area contributed by atoms with Gasteiger partial charge in [-0.15, -0.1) is 0 Å². The van der Waals surface area contributed by atoms with Crippen LogP contribution in [0.4, 0.5) is 0 Å². The van der Waals surface area contributed by atoms with Crippen molar-refractivity contribution in [1.82, 2.24) is 5.32 Å². The lowest BCUT2D eigenvalue weighted by molar-refractivity contribution is -0.143. The highest BCUT2D eigenvalue weighted by Crippen LogP contribution is 2.17. The van der Waals surface area contributed by atoms with E-state index in [0.717, 1.165) is 64.2 Å². The van der Waals surface area contributed by atoms with Crippen LogP contribution in [0, 0.1) is 0 Å². The van der Waals surface area contributed by atoms with Crippen molar-refractivity contribution < 1.29 is 24.5 Å². The van der Waals surface area contributed by atoms with Gasteiger partial charge in [0.05, 0.1) is 25.4 Å². The molecule has 0 saturated heterocycles. The molecule has 0 aliphatic carbocycles. The Morgan fingerprint density at radius 1 is 0.397 bits per heavy atom. The molecule has 0 aliphatic heterocycles. The van der Waals surface area contributed by atoms with E-state index in [1.807, 2.05) is 0 Å². The monoisotopic (exact) mass is 958 g/mol. The zero-order chi connectivity index (χ0) is 49.3. The molecule has 0 radical (unpaired) electrons. The lowest BCUT2D eigenvalue weighted by atomic mass is 10.0. The van der Waals surface area contributed by atoms with E-state index in [-0.39, 0.29) is 18.5 Å². The second-order valence-corrected chi connectivity index (χ2v) is 21.0. The minimum atomic E-state index is -0.675. The van der Waals surface area contributed by atoms with E-state index in [2.05, 4.69) is 43.5 Å². The Balaban J connectivity index is 3.44. The van der Waals surface area contributed by atoms with Crippen LogP contribution in [-0.4, -0.2) is 47.4 Å². The third-order valence-corrected chi connectivity index (χ3v) is 14.2. The van der Waals surface area contributed by atoms with E-state index in [4.69, 9.17) is 4.74 Å². The quantitative estimate of drug-likeness (QED) is 0.0321. The van der Waals surface area contributed by atoms with Crippen LogP contribution in [-0.2, 0) is 14.3 Å². The Labute approximate surface area is 424 Å². The summed E-state index contributed by atoms with van der Waals surface area (Å²) < 4.78 is 5.49. The predicted molar refractivity (Wildman–Crippen MR) is 296 cm³/mol. The first-order valence-electron chi connectivity index (χ1n) is 30.6. The maximum atomic E-state index is 12.5. The summed E-state index contributed by atoms with van der Waals surface area (Å²) in [4.78, 5) is 24.6. The third-order valence-electron chi connectivity index (χ3n) is 14.2. The molecule has 3 N–H and O–H groups in total. The van der Waals surface area contributed by atoms with E-state index in [1.54, 1.807) is 0 Å². The molecule has 0 spiro atoms. The third kappa shape index (κ3) is 53.7. The van der Waals surface area contributed by atoms with Gasteiger partial charge >= 0.3 is 5.97 Å². The molecule has 0 saturated carbocycles. The Morgan fingerprint density at radius 2 is 0.691 bits per heavy atom. The number of nitrogens with one attached hydrogen (secondary N) is 1. The highest BCUT2D eigenvalue weighted by molar-refractivity contribution is 5.76. The maximum Gasteiger partial charge on any atom is 0.305 e. The standard InChI is InChI=1S/C62H119NO5/c1-3-5-7-9-11-13-15-17-19-21-22-23-28-32-36-40-44-48-52-56-62(67)68-57-53-49-45-41-37-33-29-25-24-27-31-35-39-43-47-51-55-61(66)63-59(58-64)60(65)54-50-46-42-38-34-30-26-20-18-16-14-12-10-8-6-4-2/h17,19,24,27,59-60,64-65H,3-16,18,20-23,25-26,28-58H2,1-2H3,(H,63,66)/b19-17-,27-24-. The summed E-state index contributed by atoms with van der Waals surface area (Å²) in [5.74, 6) is -0.0528. The van der Waals surface area contributed by atoms with Gasteiger partial charge in [-0.2, -0.15) is 0 Å². The molecule has 0 heterocycles. The summed E-state index contributed by atoms with van der Waals surface area (Å²) in [6, 6.07) is -0.554. The van der Waals surface area contributed by atoms with Crippen molar-refractivity contribution >= 4 is 11.9 Å². The normalized spacial score (nSPS) is 12.7. The number of carbonyl (C=O) groups excluding carboxylic acids is 2. The van der Waals surface area contributed by atoms with Gasteiger partial charge in [0.1, 0.15) is 0 Å². The summed E-state index contributed by atoms with van der Waals surface area (Å²) in [5.41, 5.74) is 0. The summed E-state index contributed by atoms with van der Waals surface area (Å²) in [7, 11) is 0. The van der Waals surface area contributed by atoms with Gasteiger partial charge in [-0.1, -0.05) is 269 Å². The van der Waals surface area contributed by atoms with Gasteiger partial charge in [0.15, 0.2) is 0 Å². The van der Waals surface area contributed by atoms with Crippen LogP contribution >= 0.6 is 0 Å². The number of ether oxygens (including phenoxy) is 1. The van der Waals surface area contributed by atoms with Crippen LogP contribution in [0.3, 0.4) is 0 Å². The molecule has 0 fully saturated rings. The Hall–Kier alpha value is -1.66. The van der Waals surface area contributed by atoms with E-state index >= 15 is 0 Å². The Bertz CT molecular complexity index is 1060. The first-order valence-corrected chi connectivity index (χ1v) is 30.6. The van der Waals surface area contributed by atoms with Crippen molar-refractivity contribution in [2.45, 2.75) is 347 Å². The second kappa shape index (κ2) is 57.9. The number of carbonyl (C=O) groups is 2. The predicted octanol–water partition coefficient (Wildman–Crippen LogP) is 19.0. The second-order valence-electron chi connectivity index (χ2n) is 21.0. The van der Waals surface area contributed by atoms with Gasteiger partial charge in [-0.05, 0) is 77.0 Å². The van der Waals surface area contributed by atoms with Gasteiger partial charge in [0.2, 0.25) is 5.91 Å². The highest BCUT2D eigenvalue weighted by atomic mass is 16.5. The molecule has 0 aromatic rings. The van der Waals surface area contributed by atoms with Crippen LogP contribution in [0.1, 0.15) is 335 Å². The van der Waals surface area contributed by atoms with Crippen LogP contribution in [0.25, 0.3) is 0 Å². The molecule has 0 bridgehead atoms. The maximum absolute atomic E-state index is 12.5. The molecular formula is C62H119NO5. The number of unbranched alkanes of at least 4 members (excludes halogenated alkanes) is 42. The number of allylic oxidation sites excluding steroid dienone is 4. The van der Waals surface area contributed by atoms with Gasteiger partial charge in [0.25, 0.3) is 0 Å². The van der Waals surface area contributed by atoms with E-state index in [9.17, 15) is 19.8 Å². The van der Waals surface area contributed by atoms with Crippen molar-refractivity contribution in [2.24, 2.45) is 0 Å². The smallest absolute Gasteiger partial charge is 0.305 e. The van der Waals surface area contributed by atoms with Crippen molar-refractivity contribution in [1.29, 1.82) is 0 Å². The summed E-state index contributed by atoms with van der Waals surface area (Å²) >= 11 is 0. The summed E-state index contributed by atoms with van der Waals surface area (Å²) in [6.07, 6.45) is 70.3. The molecule has 0 aliphatic rings. The van der Waals surface area contributed by atoms with Crippen LogP contribution in [0.2, 0.25) is 0 Å². The molecule has 6 heteroatoms. The van der Waals surface area contributed by atoms with Crippen LogP contribution < -0.4 is 5.32 Å². The van der Waals surface area contributed by atoms with E-state index in [0.29, 0.717) is 25.9 Å². The molecule has 0 rings (SSSR count). The lowest BCUT2D eigenvalue weighted by Gasteiger charge is -2.22. The minimum Gasteiger partial charge on any atom is -0.466 e. The van der Waals surface area contributed by atoms with Gasteiger partial charge in [-0.3, -0.25) is 9.59 Å². The number of hydrogen-bond acceptors (Lipinski definition) is 5. The SMILES string of the molecule is CCCCCCCC/C=C\CCCCCCCCCCCC(=O)OCCCCCCCCC/C=C\CCCCCCCC(=O)NC(CO)C(O)CCCCCCCCCCCCCCCCCC. The van der Waals surface area contributed by atoms with Crippen LogP contribution in [0.5, 0.6) is 0 Å². The molecule has 6 nitrogen and oxygen atoms in total. The topological polar surface area (TPSA) is 95.9 Å². The van der Waals surface area contributed by atoms with Gasteiger partial charge in [-0.25, -0.2) is 0 Å². The van der Waals surface area contributed by atoms with Crippen molar-refractivity contribution in [3.8, 4) is 0 Å². The van der Waals surface area contributed by atoms with E-state index < -0.39 is 12.1 Å². The molecule has 2 atom stereocenters. The minimum absolute atomic E-state index is 0.00271. The molecular weight excluding hydrogens is 839 g/mol. The average Bonchev–Trinajstić information content (AvgIpc) is 3.34. The lowest BCUT2D eigenvalue weighted by Crippen LogP contribution is -2.45. The number of esters is 1. The zero-order valence-corrected chi connectivity index (χ0v) is 45.9.